The van der Waals surface area contributed by atoms with Gasteiger partial charge in [0, 0.05) is 150 Å². The van der Waals surface area contributed by atoms with E-state index in [0.29, 0.717) is 90.0 Å². The number of hydrogen-bond donors (Lipinski definition) is 19. The summed E-state index contributed by atoms with van der Waals surface area (Å²) in [5, 5.41) is 115. The Morgan fingerprint density at radius 2 is 0.710 bits per heavy atom. The Kier molecular flexibility index (Phi) is 55.1. The average molecular weight is 1800 g/mol. The van der Waals surface area contributed by atoms with E-state index in [2.05, 4.69) is 52.4 Å². The van der Waals surface area contributed by atoms with Crippen LogP contribution in [0.2, 0.25) is 0 Å². The molecule has 16 unspecified atom stereocenters. The number of amides is 10. The molecule has 4 aliphatic rings. The number of ether oxygens (including phenoxy) is 9. The van der Waals surface area contributed by atoms with Gasteiger partial charge in [-0.2, -0.15) is 0 Å². The fourth-order valence-corrected chi connectivity index (χ4v) is 14.9. The number of carbonyl (C=O) groups is 11. The number of nitrogens with zero attached hydrogens (tertiary/aromatic N) is 1. The predicted molar refractivity (Wildman–Crippen MR) is 437 cm³/mol. The van der Waals surface area contributed by atoms with Crippen molar-refractivity contribution in [2.24, 2.45) is 11.3 Å². The number of rotatable bonds is 67. The Labute approximate surface area is 724 Å². The Morgan fingerprint density at radius 1 is 0.411 bits per heavy atom. The number of ketones is 1. The Bertz CT molecular complexity index is 2950. The number of nitrogens with one attached hydrogen (secondary N) is 9. The highest BCUT2D eigenvalue weighted by Gasteiger charge is 2.48. The van der Waals surface area contributed by atoms with Crippen LogP contribution in [-0.2, 0) is 104 Å². The van der Waals surface area contributed by atoms with Crippen molar-refractivity contribution in [3.63, 3.8) is 0 Å². The van der Waals surface area contributed by atoms with Crippen LogP contribution in [0.25, 0.3) is 0 Å². The minimum atomic E-state index is -4.94. The van der Waals surface area contributed by atoms with Crippen molar-refractivity contribution in [2.45, 2.75) is 299 Å². The van der Waals surface area contributed by atoms with Crippen LogP contribution in [0.4, 0.5) is 0 Å². The van der Waals surface area contributed by atoms with E-state index in [1.54, 1.807) is 4.90 Å². The zero-order valence-electron chi connectivity index (χ0n) is 72.3. The summed E-state index contributed by atoms with van der Waals surface area (Å²) in [6.07, 6.45) is -5.04. The third-order valence-corrected chi connectivity index (χ3v) is 21.6. The molecule has 19 N–H and O–H groups in total. The van der Waals surface area contributed by atoms with Crippen molar-refractivity contribution in [2.75, 3.05) is 132 Å². The minimum absolute atomic E-state index is 0.0694. The average Bonchev–Trinajstić information content (AvgIpc) is 1.01. The van der Waals surface area contributed by atoms with Gasteiger partial charge in [0.2, 0.25) is 59.1 Å². The molecule has 4 fully saturated rings. The van der Waals surface area contributed by atoms with Gasteiger partial charge in [-0.1, -0.05) is 45.4 Å². The van der Waals surface area contributed by atoms with Crippen molar-refractivity contribution >= 4 is 72.7 Å². The standard InChI is InChI=1S/C80H143N10O33P/c1-52-42-56(48-120-124(111,112)113)90(44-52)67(104)26-12-10-8-6-5-7-9-11-22-57(97)43-80(49-114-39-27-64(101)84-33-19-30-81-61(98)23-13-16-36-117-77-68(87-53(2)94)74(108)71(105)58(45-91)121-77,50-115-40-28-65(102)85-34-20-31-82-62(99)24-14-17-37-118-78-69(88-54(3)95)75(109)72(106)59(46-92)122-78)51-116-41-29-66(103)86-35-21-32-83-63(100)25-15-18-38-119-79-70(89-55(4)96)76(110)73(107)60(47-93)123-79/h52,56,58-60,68-79,91-93,105-110H,5-51H2,1-4H3,(H,81,98)(H,82,99)(H,83,100)(H,84,101)(H,85,102)(H,86,103)(H,87,94)(H,88,95)(H,89,96)(H2,111,112,113)/p-1/t52-,56+,58?,59?,60?,68?,69?,70?,71?,72?,73?,74?,75?,76?,77?,78?,79?,80?/m1/s1. The van der Waals surface area contributed by atoms with Gasteiger partial charge in [-0.05, 0) is 83.0 Å². The molecule has 4 rings (SSSR count). The molecule has 43 nitrogen and oxygen atoms in total. The number of Topliss-reactive ketones (excluding diaryl/α,β-unsaturated/α-hetero) is 1. The van der Waals surface area contributed by atoms with Crippen LogP contribution in [0, 0.1) is 11.3 Å². The summed E-state index contributed by atoms with van der Waals surface area (Å²) in [7, 11) is -4.94. The molecular formula is C80H142N10O33P-. The van der Waals surface area contributed by atoms with Gasteiger partial charge in [0.05, 0.1) is 72.1 Å². The van der Waals surface area contributed by atoms with Gasteiger partial charge in [0.1, 0.15) is 78.8 Å². The second kappa shape index (κ2) is 62.1. The first kappa shape index (κ1) is 110. The topological polar surface area (TPSA) is 634 Å². The van der Waals surface area contributed by atoms with E-state index in [1.807, 2.05) is 6.92 Å². The predicted octanol–water partition coefficient (Wildman–Crippen LogP) is -3.97. The number of likely N-dealkylation sites (tertiary alicyclic amines) is 1. The summed E-state index contributed by atoms with van der Waals surface area (Å²) in [6.45, 7) is 4.73. The molecule has 10 amide bonds. The van der Waals surface area contributed by atoms with Gasteiger partial charge < -0.3 is 156 Å². The molecule has 4 saturated heterocycles. The van der Waals surface area contributed by atoms with Crippen LogP contribution in [0.5, 0.6) is 0 Å². The largest absolute Gasteiger partial charge is 0.756 e. The van der Waals surface area contributed by atoms with Crippen LogP contribution in [0.3, 0.4) is 0 Å². The van der Waals surface area contributed by atoms with E-state index in [9.17, 15) is 108 Å². The lowest BCUT2D eigenvalue weighted by Gasteiger charge is -2.42. The zero-order chi connectivity index (χ0) is 91.4. The molecule has 0 spiro atoms. The summed E-state index contributed by atoms with van der Waals surface area (Å²) < 4.78 is 68.2. The van der Waals surface area contributed by atoms with Crippen molar-refractivity contribution in [3.05, 3.63) is 0 Å². The molecule has 0 aromatic carbocycles. The number of phosphoric ester groups is 1. The first-order chi connectivity index (χ1) is 59.2. The first-order valence-corrected chi connectivity index (χ1v) is 45.1. The van der Waals surface area contributed by atoms with E-state index in [-0.39, 0.29) is 210 Å². The number of hydrogen-bond acceptors (Lipinski definition) is 32. The fourth-order valence-electron chi connectivity index (χ4n) is 14.5. The van der Waals surface area contributed by atoms with Crippen molar-refractivity contribution in [1.82, 2.24) is 52.8 Å². The van der Waals surface area contributed by atoms with Crippen LogP contribution < -0.4 is 52.7 Å². The molecular weight excluding hydrogens is 1660 g/mol. The molecule has 4 aliphatic heterocycles. The normalized spacial score (nSPS) is 25.4. The number of aliphatic hydroxyl groups excluding tert-OH is 9. The molecule has 124 heavy (non-hydrogen) atoms. The van der Waals surface area contributed by atoms with E-state index in [1.165, 1.54) is 20.8 Å². The van der Waals surface area contributed by atoms with Crippen molar-refractivity contribution in [3.8, 4) is 0 Å². The summed E-state index contributed by atoms with van der Waals surface area (Å²) >= 11 is 0. The van der Waals surface area contributed by atoms with Crippen LogP contribution >= 0.6 is 7.82 Å². The minimum Gasteiger partial charge on any atom is -0.756 e. The molecule has 0 bridgehead atoms. The summed E-state index contributed by atoms with van der Waals surface area (Å²) in [5.41, 5.74) is -1.21. The van der Waals surface area contributed by atoms with Gasteiger partial charge in [0.15, 0.2) is 18.9 Å². The maximum Gasteiger partial charge on any atom is 0.265 e. The highest BCUT2D eigenvalue weighted by atomic mass is 31.2. The molecule has 18 atom stereocenters. The third kappa shape index (κ3) is 45.1. The zero-order valence-corrected chi connectivity index (χ0v) is 73.2. The Balaban J connectivity index is 1.31. The molecule has 44 heteroatoms. The lowest BCUT2D eigenvalue weighted by Crippen LogP contribution is -2.64. The molecule has 0 aromatic heterocycles. The van der Waals surface area contributed by atoms with Crippen molar-refractivity contribution in [1.29, 1.82) is 0 Å². The van der Waals surface area contributed by atoms with Gasteiger partial charge in [-0.25, -0.2) is 0 Å². The van der Waals surface area contributed by atoms with E-state index < -0.39 is 149 Å². The lowest BCUT2D eigenvalue weighted by atomic mass is 9.84. The number of unbranched alkanes of at least 4 members (excludes halogenated alkanes) is 10. The molecule has 0 radical (unpaired) electrons. The molecule has 0 aliphatic carbocycles. The smallest absolute Gasteiger partial charge is 0.265 e. The summed E-state index contributed by atoms with van der Waals surface area (Å²) in [6, 6.07) is -3.75. The number of carbonyl (C=O) groups excluding carboxylic acids is 11. The van der Waals surface area contributed by atoms with Crippen LogP contribution in [0.15, 0.2) is 0 Å². The van der Waals surface area contributed by atoms with Gasteiger partial charge in [-0.15, -0.1) is 0 Å². The maximum absolute atomic E-state index is 14.2. The molecule has 0 aromatic rings. The first-order valence-electron chi connectivity index (χ1n) is 43.6. The SMILES string of the molecule is CC(=O)NC1C(OCCCCC(=O)NCCCNC(=O)CCOCC(COCCC(=O)NCCCNC(=O)CCCCOC2OC(CO)C(O)C(O)C2NC(C)=O)(COCCC(=O)NCCCNC(=O)CCCCOC2OC(CO)C(O)C(O)C2NC(C)=O)CC(=O)CCCCCCCCCCC(=O)N2C[C@H](C)C[C@H]2COP(=O)([O-])O)OC(CO)C(O)C1O. The number of aliphatic hydroxyl groups is 9. The fraction of sp³-hybridized carbons (Fsp3) is 0.863. The molecule has 0 saturated carbocycles. The Hall–Kier alpha value is -6.24. The number of phosphoric acid groups is 1. The van der Waals surface area contributed by atoms with Gasteiger partial charge in [-0.3, -0.25) is 57.3 Å². The van der Waals surface area contributed by atoms with Crippen molar-refractivity contribution < 1.29 is 160 Å². The maximum atomic E-state index is 14.2. The molecule has 716 valence electrons. The lowest BCUT2D eigenvalue weighted by molar-refractivity contribution is -0.270. The summed E-state index contributed by atoms with van der Waals surface area (Å²) in [5.74, 6) is -3.47. The van der Waals surface area contributed by atoms with E-state index in [0.717, 1.165) is 38.5 Å². The monoisotopic (exact) mass is 1800 g/mol. The second-order valence-electron chi connectivity index (χ2n) is 32.2. The van der Waals surface area contributed by atoms with Gasteiger partial charge >= 0.3 is 0 Å². The van der Waals surface area contributed by atoms with Crippen LogP contribution in [0.1, 0.15) is 201 Å². The second-order valence-corrected chi connectivity index (χ2v) is 33.4. The highest BCUT2D eigenvalue weighted by molar-refractivity contribution is 7.44. The van der Waals surface area contributed by atoms with Gasteiger partial charge in [0.25, 0.3) is 7.82 Å². The van der Waals surface area contributed by atoms with Crippen LogP contribution in [-0.4, -0.2) is 350 Å². The summed E-state index contributed by atoms with van der Waals surface area (Å²) in [4.78, 5) is 162. The third-order valence-electron chi connectivity index (χ3n) is 21.2. The highest BCUT2D eigenvalue weighted by Crippen LogP contribution is 2.35. The quantitative estimate of drug-likeness (QED) is 0.0204. The molecule has 4 heterocycles. The Morgan fingerprint density at radius 3 is 1.02 bits per heavy atom. The van der Waals surface area contributed by atoms with E-state index >= 15 is 0 Å². The van der Waals surface area contributed by atoms with E-state index in [4.69, 9.17) is 47.5 Å².